The van der Waals surface area contributed by atoms with E-state index in [2.05, 4.69) is 9.93 Å². The molecule has 0 saturated carbocycles. The maximum Gasteiger partial charge on any atom is 0.276 e. The smallest absolute Gasteiger partial charge is 0.276 e. The molecule has 0 amide bonds. The molecule has 2 N–H and O–H groups in total. The Hall–Kier alpha value is -2.34. The Morgan fingerprint density at radius 1 is 1.08 bits per heavy atom. The van der Waals surface area contributed by atoms with E-state index in [1.807, 2.05) is 32.9 Å². The number of aromatic hydroxyl groups is 1. The van der Waals surface area contributed by atoms with Crippen molar-refractivity contribution >= 4 is 16.2 Å². The minimum absolute atomic E-state index is 0.111. The Bertz CT molecular complexity index is 855. The number of phenolic OH excluding ortho intramolecular Hbond substituents is 1. The summed E-state index contributed by atoms with van der Waals surface area (Å²) >= 11 is 0. The number of aryl methyl sites for hydroxylation is 2. The van der Waals surface area contributed by atoms with Gasteiger partial charge in [0.2, 0.25) is 0 Å². The maximum absolute atomic E-state index is 12.2. The number of nitrogens with zero attached hydrogens (tertiary/aromatic N) is 1. The van der Waals surface area contributed by atoms with Gasteiger partial charge in [0, 0.05) is 5.56 Å². The molecule has 0 bridgehead atoms. The first-order valence-electron chi connectivity index (χ1n) is 7.66. The molecule has 24 heavy (non-hydrogen) atoms. The summed E-state index contributed by atoms with van der Waals surface area (Å²) in [5.74, 6) is 0.283. The zero-order valence-corrected chi connectivity index (χ0v) is 15.1. The van der Waals surface area contributed by atoms with Crippen molar-refractivity contribution < 1.29 is 13.5 Å². The SMILES string of the molecule is Cc1ccc(S(=O)(=O)N/N=C/c2c(C(C)C)ccc(C)c2O)cc1. The van der Waals surface area contributed by atoms with E-state index in [1.54, 1.807) is 19.1 Å². The highest BCUT2D eigenvalue weighted by molar-refractivity contribution is 7.89. The van der Waals surface area contributed by atoms with E-state index >= 15 is 0 Å². The van der Waals surface area contributed by atoms with Crippen molar-refractivity contribution in [1.82, 2.24) is 4.83 Å². The number of hydrogen-bond acceptors (Lipinski definition) is 4. The average molecular weight is 346 g/mol. The van der Waals surface area contributed by atoms with Crippen molar-refractivity contribution in [1.29, 1.82) is 0 Å². The molecule has 0 fully saturated rings. The molecule has 0 unspecified atom stereocenters. The van der Waals surface area contributed by atoms with Gasteiger partial charge in [-0.3, -0.25) is 0 Å². The van der Waals surface area contributed by atoms with Gasteiger partial charge in [0.15, 0.2) is 0 Å². The van der Waals surface area contributed by atoms with E-state index in [0.717, 1.165) is 11.1 Å². The zero-order valence-electron chi connectivity index (χ0n) is 14.2. The van der Waals surface area contributed by atoms with E-state index < -0.39 is 10.0 Å². The molecule has 2 aromatic rings. The first-order valence-corrected chi connectivity index (χ1v) is 9.14. The summed E-state index contributed by atoms with van der Waals surface area (Å²) in [5.41, 5.74) is 3.11. The topological polar surface area (TPSA) is 78.8 Å². The fourth-order valence-electron chi connectivity index (χ4n) is 2.30. The molecule has 0 heterocycles. The molecule has 0 saturated heterocycles. The molecule has 0 aliphatic rings. The van der Waals surface area contributed by atoms with E-state index in [9.17, 15) is 13.5 Å². The third-order valence-corrected chi connectivity index (χ3v) is 5.01. The molecule has 0 aromatic heterocycles. The normalized spacial score (nSPS) is 12.0. The van der Waals surface area contributed by atoms with Gasteiger partial charge in [-0.05, 0) is 43.0 Å². The standard InChI is InChI=1S/C18H22N2O3S/c1-12(2)16-10-7-14(4)18(21)17(16)11-19-20-24(22,23)15-8-5-13(3)6-9-15/h5-12,20-21H,1-4H3/b19-11+. The Kier molecular flexibility index (Phi) is 5.29. The first-order chi connectivity index (χ1) is 11.2. The molecule has 0 spiro atoms. The van der Waals surface area contributed by atoms with E-state index in [4.69, 9.17) is 0 Å². The van der Waals surface area contributed by atoms with Crippen LogP contribution < -0.4 is 4.83 Å². The van der Waals surface area contributed by atoms with E-state index in [-0.39, 0.29) is 16.6 Å². The van der Waals surface area contributed by atoms with Crippen LogP contribution >= 0.6 is 0 Å². The van der Waals surface area contributed by atoms with Crippen LogP contribution in [0.5, 0.6) is 5.75 Å². The predicted octanol–water partition coefficient (Wildman–Crippen LogP) is 3.44. The molecule has 2 aromatic carbocycles. The van der Waals surface area contributed by atoms with Crippen molar-refractivity contribution in [3.8, 4) is 5.75 Å². The summed E-state index contributed by atoms with van der Waals surface area (Å²) < 4.78 is 24.4. The lowest BCUT2D eigenvalue weighted by atomic mass is 9.95. The van der Waals surface area contributed by atoms with Crippen LogP contribution in [0.4, 0.5) is 0 Å². The van der Waals surface area contributed by atoms with Crippen molar-refractivity contribution in [3.05, 3.63) is 58.7 Å². The second-order valence-corrected chi connectivity index (χ2v) is 7.72. The quantitative estimate of drug-likeness (QED) is 0.643. The molecule has 0 atom stereocenters. The summed E-state index contributed by atoms with van der Waals surface area (Å²) in [6, 6.07) is 10.2. The van der Waals surface area contributed by atoms with Crippen LogP contribution in [0.15, 0.2) is 46.4 Å². The lowest BCUT2D eigenvalue weighted by molar-refractivity contribution is 0.469. The Morgan fingerprint density at radius 2 is 1.71 bits per heavy atom. The Labute approximate surface area is 143 Å². The van der Waals surface area contributed by atoms with Crippen LogP contribution in [0.1, 0.15) is 42.0 Å². The van der Waals surface area contributed by atoms with Crippen LogP contribution in [0.25, 0.3) is 0 Å². The van der Waals surface area contributed by atoms with E-state index in [0.29, 0.717) is 11.1 Å². The monoisotopic (exact) mass is 346 g/mol. The van der Waals surface area contributed by atoms with Crippen molar-refractivity contribution in [2.24, 2.45) is 5.10 Å². The van der Waals surface area contributed by atoms with Gasteiger partial charge in [0.05, 0.1) is 11.1 Å². The lowest BCUT2D eigenvalue weighted by Crippen LogP contribution is -2.18. The van der Waals surface area contributed by atoms with Gasteiger partial charge < -0.3 is 5.11 Å². The summed E-state index contributed by atoms with van der Waals surface area (Å²) in [5, 5.41) is 14.1. The van der Waals surface area contributed by atoms with Gasteiger partial charge in [-0.15, -0.1) is 0 Å². The number of sulfonamides is 1. The highest BCUT2D eigenvalue weighted by Gasteiger charge is 2.14. The number of phenols is 1. The summed E-state index contributed by atoms with van der Waals surface area (Å²) in [7, 11) is -3.73. The zero-order chi connectivity index (χ0) is 17.9. The Morgan fingerprint density at radius 3 is 2.29 bits per heavy atom. The van der Waals surface area contributed by atoms with Crippen LogP contribution in [0, 0.1) is 13.8 Å². The van der Waals surface area contributed by atoms with Gasteiger partial charge in [-0.1, -0.05) is 43.7 Å². The maximum atomic E-state index is 12.2. The molecule has 0 aliphatic carbocycles. The van der Waals surface area contributed by atoms with Gasteiger partial charge in [-0.2, -0.15) is 13.5 Å². The van der Waals surface area contributed by atoms with Gasteiger partial charge in [-0.25, -0.2) is 4.83 Å². The molecule has 128 valence electrons. The largest absolute Gasteiger partial charge is 0.507 e. The van der Waals surface area contributed by atoms with Gasteiger partial charge >= 0.3 is 0 Å². The third-order valence-electron chi connectivity index (χ3n) is 3.77. The molecule has 0 aliphatic heterocycles. The highest BCUT2D eigenvalue weighted by atomic mass is 32.2. The van der Waals surface area contributed by atoms with Crippen molar-refractivity contribution in [3.63, 3.8) is 0 Å². The van der Waals surface area contributed by atoms with Gasteiger partial charge in [0.1, 0.15) is 5.75 Å². The number of hydrogen-bond donors (Lipinski definition) is 2. The predicted molar refractivity (Wildman–Crippen MR) is 96.0 cm³/mol. The fourth-order valence-corrected chi connectivity index (χ4v) is 3.09. The van der Waals surface area contributed by atoms with E-state index in [1.165, 1.54) is 18.3 Å². The van der Waals surface area contributed by atoms with Crippen molar-refractivity contribution in [2.45, 2.75) is 38.5 Å². The third kappa shape index (κ3) is 3.94. The Balaban J connectivity index is 2.29. The molecule has 0 radical (unpaired) electrons. The molecule has 6 heteroatoms. The second kappa shape index (κ2) is 7.05. The molecule has 5 nitrogen and oxygen atoms in total. The number of rotatable bonds is 5. The number of hydrazone groups is 1. The number of nitrogens with one attached hydrogen (secondary N) is 1. The van der Waals surface area contributed by atoms with Crippen LogP contribution in [0.2, 0.25) is 0 Å². The summed E-state index contributed by atoms with van der Waals surface area (Å²) in [4.78, 5) is 2.33. The average Bonchev–Trinajstić information content (AvgIpc) is 2.51. The second-order valence-electron chi connectivity index (χ2n) is 6.05. The molecular formula is C18H22N2O3S. The molecule has 2 rings (SSSR count). The van der Waals surface area contributed by atoms with Crippen LogP contribution in [-0.2, 0) is 10.0 Å². The highest BCUT2D eigenvalue weighted by Crippen LogP contribution is 2.28. The number of benzene rings is 2. The minimum atomic E-state index is -3.73. The van der Waals surface area contributed by atoms with Gasteiger partial charge in [0.25, 0.3) is 10.0 Å². The summed E-state index contributed by atoms with van der Waals surface area (Å²) in [6.07, 6.45) is 1.35. The fraction of sp³-hybridized carbons (Fsp3) is 0.278. The lowest BCUT2D eigenvalue weighted by Gasteiger charge is -2.13. The van der Waals surface area contributed by atoms with Crippen LogP contribution in [-0.4, -0.2) is 19.7 Å². The minimum Gasteiger partial charge on any atom is -0.507 e. The van der Waals surface area contributed by atoms with Crippen molar-refractivity contribution in [2.75, 3.05) is 0 Å². The summed E-state index contributed by atoms with van der Waals surface area (Å²) in [6.45, 7) is 7.67. The first kappa shape index (κ1) is 18.0. The molecular weight excluding hydrogens is 324 g/mol. The van der Waals surface area contributed by atoms with Crippen LogP contribution in [0.3, 0.4) is 0 Å².